The third kappa shape index (κ3) is 6.47. The van der Waals surface area contributed by atoms with Gasteiger partial charge in [0, 0.05) is 52.0 Å². The van der Waals surface area contributed by atoms with Gasteiger partial charge in [-0.2, -0.15) is 0 Å². The summed E-state index contributed by atoms with van der Waals surface area (Å²) < 4.78 is 0. The van der Waals surface area contributed by atoms with Crippen molar-refractivity contribution in [2.45, 2.75) is 40.2 Å². The van der Waals surface area contributed by atoms with Gasteiger partial charge in [-0.1, -0.05) is 13.8 Å². The van der Waals surface area contributed by atoms with Crippen LogP contribution in [0.1, 0.15) is 39.2 Å². The molecule has 0 unspecified atom stereocenters. The van der Waals surface area contributed by atoms with E-state index in [0.29, 0.717) is 6.54 Å². The number of hydrogen-bond acceptors (Lipinski definition) is 4. The lowest BCUT2D eigenvalue weighted by molar-refractivity contribution is 0.270. The van der Waals surface area contributed by atoms with Crippen LogP contribution >= 0.6 is 24.0 Å². The molecule has 3 rings (SSSR count). The summed E-state index contributed by atoms with van der Waals surface area (Å²) in [7, 11) is 0. The summed E-state index contributed by atoms with van der Waals surface area (Å²) in [6, 6.07) is 4.31. The first-order chi connectivity index (χ1) is 13.2. The number of aromatic nitrogens is 1. The van der Waals surface area contributed by atoms with Gasteiger partial charge >= 0.3 is 0 Å². The fourth-order valence-electron chi connectivity index (χ4n) is 3.84. The van der Waals surface area contributed by atoms with Gasteiger partial charge in [-0.3, -0.25) is 0 Å². The predicted molar refractivity (Wildman–Crippen MR) is 129 cm³/mol. The van der Waals surface area contributed by atoms with Crippen LogP contribution in [0.5, 0.6) is 0 Å². The number of likely N-dealkylation sites (N-methyl/N-ethyl adjacent to an activating group) is 1. The average Bonchev–Trinajstić information content (AvgIpc) is 2.72. The van der Waals surface area contributed by atoms with Crippen LogP contribution in [-0.2, 0) is 6.54 Å². The lowest BCUT2D eigenvalue weighted by Gasteiger charge is -2.34. The van der Waals surface area contributed by atoms with Crippen LogP contribution in [0.15, 0.2) is 23.3 Å². The van der Waals surface area contributed by atoms with E-state index >= 15 is 0 Å². The highest BCUT2D eigenvalue weighted by Gasteiger charge is 2.19. The van der Waals surface area contributed by atoms with Crippen LogP contribution in [-0.4, -0.2) is 73.1 Å². The third-order valence-corrected chi connectivity index (χ3v) is 5.78. The van der Waals surface area contributed by atoms with Gasteiger partial charge in [-0.15, -0.1) is 24.0 Å². The molecule has 1 aromatic rings. The van der Waals surface area contributed by atoms with Crippen molar-refractivity contribution in [2.75, 3.05) is 57.3 Å². The minimum absolute atomic E-state index is 0. The number of nitrogens with one attached hydrogen (secondary N) is 1. The number of piperazine rings is 1. The number of rotatable bonds is 5. The minimum Gasteiger partial charge on any atom is -0.357 e. The first kappa shape index (κ1) is 23.2. The maximum atomic E-state index is 4.92. The molecule has 0 radical (unpaired) electrons. The van der Waals surface area contributed by atoms with Gasteiger partial charge < -0.3 is 20.0 Å². The molecule has 2 aliphatic rings. The molecule has 0 saturated carbocycles. The predicted octanol–water partition coefficient (Wildman–Crippen LogP) is 3.04. The van der Waals surface area contributed by atoms with Crippen LogP contribution in [0.3, 0.4) is 0 Å². The van der Waals surface area contributed by atoms with E-state index in [2.05, 4.69) is 57.9 Å². The van der Waals surface area contributed by atoms with Crippen molar-refractivity contribution in [1.29, 1.82) is 0 Å². The van der Waals surface area contributed by atoms with Crippen molar-refractivity contribution >= 4 is 35.8 Å². The minimum atomic E-state index is 0. The Bertz CT molecular complexity index is 607. The van der Waals surface area contributed by atoms with E-state index in [1.807, 2.05) is 6.20 Å². The van der Waals surface area contributed by atoms with Crippen LogP contribution in [0.2, 0.25) is 0 Å². The number of guanidine groups is 1. The lowest BCUT2D eigenvalue weighted by atomic mass is 10.00. The largest absolute Gasteiger partial charge is 0.357 e. The quantitative estimate of drug-likeness (QED) is 0.383. The Kier molecular flexibility index (Phi) is 9.77. The Balaban J connectivity index is 0.00000280. The first-order valence-electron chi connectivity index (χ1n) is 10.6. The standard InChI is InChI=1S/C21H36N6.HI/c1-4-22-21(27-10-7-18(3)8-11-27)24-17-19-6-9-23-20(16-19)26-14-12-25(5-2)13-15-26;/h6,9,16,18H,4-5,7-8,10-15,17H2,1-3H3,(H,22,24);1H. The first-order valence-corrected chi connectivity index (χ1v) is 10.6. The highest BCUT2D eigenvalue weighted by molar-refractivity contribution is 14.0. The molecule has 0 bridgehead atoms. The van der Waals surface area contributed by atoms with E-state index in [0.717, 1.165) is 70.1 Å². The topological polar surface area (TPSA) is 47.0 Å². The lowest BCUT2D eigenvalue weighted by Crippen LogP contribution is -2.46. The molecule has 2 aliphatic heterocycles. The monoisotopic (exact) mass is 500 g/mol. The van der Waals surface area contributed by atoms with Gasteiger partial charge in [0.15, 0.2) is 5.96 Å². The van der Waals surface area contributed by atoms with Crippen molar-refractivity contribution in [3.8, 4) is 0 Å². The number of nitrogens with zero attached hydrogens (tertiary/aromatic N) is 5. The molecular formula is C21H37IN6. The van der Waals surface area contributed by atoms with Crippen LogP contribution in [0, 0.1) is 5.92 Å². The summed E-state index contributed by atoms with van der Waals surface area (Å²) in [5.74, 6) is 2.98. The number of anilines is 1. The van der Waals surface area contributed by atoms with Gasteiger partial charge in [0.25, 0.3) is 0 Å². The molecule has 0 atom stereocenters. The Morgan fingerprint density at radius 3 is 2.50 bits per heavy atom. The molecule has 0 aromatic carbocycles. The summed E-state index contributed by atoms with van der Waals surface area (Å²) in [6.45, 7) is 16.1. The number of aliphatic imine (C=N–C) groups is 1. The Labute approximate surface area is 187 Å². The van der Waals surface area contributed by atoms with E-state index in [4.69, 9.17) is 4.99 Å². The maximum absolute atomic E-state index is 4.92. The molecule has 1 N–H and O–H groups in total. The SMILES string of the molecule is CCNC(=NCc1ccnc(N2CCN(CC)CC2)c1)N1CCC(C)CC1.I. The Morgan fingerprint density at radius 1 is 1.14 bits per heavy atom. The highest BCUT2D eigenvalue weighted by Crippen LogP contribution is 2.18. The van der Waals surface area contributed by atoms with Gasteiger partial charge in [0.05, 0.1) is 6.54 Å². The fraction of sp³-hybridized carbons (Fsp3) is 0.714. The fourth-order valence-corrected chi connectivity index (χ4v) is 3.84. The smallest absolute Gasteiger partial charge is 0.194 e. The molecule has 3 heterocycles. The number of likely N-dealkylation sites (tertiary alicyclic amines) is 1. The van der Waals surface area contributed by atoms with Crippen molar-refractivity contribution in [2.24, 2.45) is 10.9 Å². The molecule has 28 heavy (non-hydrogen) atoms. The molecule has 0 aliphatic carbocycles. The molecule has 158 valence electrons. The summed E-state index contributed by atoms with van der Waals surface area (Å²) in [6.07, 6.45) is 4.45. The van der Waals surface area contributed by atoms with E-state index in [-0.39, 0.29) is 24.0 Å². The van der Waals surface area contributed by atoms with Crippen LogP contribution < -0.4 is 10.2 Å². The second-order valence-electron chi connectivity index (χ2n) is 7.78. The second-order valence-corrected chi connectivity index (χ2v) is 7.78. The summed E-state index contributed by atoms with van der Waals surface area (Å²) in [5, 5.41) is 3.47. The van der Waals surface area contributed by atoms with Crippen LogP contribution in [0.4, 0.5) is 5.82 Å². The van der Waals surface area contributed by atoms with E-state index in [1.165, 1.54) is 18.4 Å². The maximum Gasteiger partial charge on any atom is 0.194 e. The van der Waals surface area contributed by atoms with Crippen molar-refractivity contribution in [3.63, 3.8) is 0 Å². The average molecular weight is 500 g/mol. The van der Waals surface area contributed by atoms with Crippen molar-refractivity contribution in [3.05, 3.63) is 23.9 Å². The molecular weight excluding hydrogens is 463 g/mol. The Morgan fingerprint density at radius 2 is 1.86 bits per heavy atom. The summed E-state index contributed by atoms with van der Waals surface area (Å²) in [4.78, 5) is 16.8. The van der Waals surface area contributed by atoms with Crippen molar-refractivity contribution in [1.82, 2.24) is 20.1 Å². The molecule has 7 heteroatoms. The third-order valence-electron chi connectivity index (χ3n) is 5.78. The van der Waals surface area contributed by atoms with Gasteiger partial charge in [0.2, 0.25) is 0 Å². The number of piperidine rings is 1. The zero-order valence-electron chi connectivity index (χ0n) is 17.7. The van der Waals surface area contributed by atoms with Gasteiger partial charge in [-0.05, 0) is 49.9 Å². The van der Waals surface area contributed by atoms with E-state index in [1.54, 1.807) is 0 Å². The van der Waals surface area contributed by atoms with Crippen LogP contribution in [0.25, 0.3) is 0 Å². The zero-order chi connectivity index (χ0) is 19.1. The van der Waals surface area contributed by atoms with Gasteiger partial charge in [0.1, 0.15) is 5.82 Å². The zero-order valence-corrected chi connectivity index (χ0v) is 20.1. The van der Waals surface area contributed by atoms with Gasteiger partial charge in [-0.25, -0.2) is 9.98 Å². The molecule has 0 amide bonds. The summed E-state index contributed by atoms with van der Waals surface area (Å²) in [5.41, 5.74) is 1.23. The normalized spacial score (nSPS) is 19.5. The van der Waals surface area contributed by atoms with E-state index in [9.17, 15) is 0 Å². The van der Waals surface area contributed by atoms with E-state index < -0.39 is 0 Å². The second kappa shape index (κ2) is 11.8. The highest BCUT2D eigenvalue weighted by atomic mass is 127. The number of halogens is 1. The summed E-state index contributed by atoms with van der Waals surface area (Å²) >= 11 is 0. The molecule has 2 fully saturated rings. The molecule has 6 nitrogen and oxygen atoms in total. The van der Waals surface area contributed by atoms with Crippen molar-refractivity contribution < 1.29 is 0 Å². The number of hydrogen-bond donors (Lipinski definition) is 1. The Hall–Kier alpha value is -1.09. The molecule has 1 aromatic heterocycles. The molecule has 0 spiro atoms. The number of pyridine rings is 1. The molecule has 2 saturated heterocycles.